The molecule has 4 rings (SSSR count). The first-order chi connectivity index (χ1) is 16.3. The number of aromatic nitrogens is 1. The average Bonchev–Trinajstić information content (AvgIpc) is 2.84. The molecule has 180 valence electrons. The molecule has 2 heterocycles. The number of rotatable bonds is 4. The maximum absolute atomic E-state index is 13.4. The van der Waals surface area contributed by atoms with Crippen LogP contribution in [0.5, 0.6) is 0 Å². The summed E-state index contributed by atoms with van der Waals surface area (Å²) in [5.41, 5.74) is 1.67. The molecule has 34 heavy (non-hydrogen) atoms. The molecule has 1 aromatic heterocycles. The van der Waals surface area contributed by atoms with E-state index >= 15 is 0 Å². The van der Waals surface area contributed by atoms with Gasteiger partial charge in [0.25, 0.3) is 5.91 Å². The maximum Gasteiger partial charge on any atom is 0.407 e. The molecule has 0 radical (unpaired) electrons. The van der Waals surface area contributed by atoms with Gasteiger partial charge in [0.05, 0.1) is 11.3 Å². The number of pyridine rings is 1. The molecule has 1 aromatic carbocycles. The van der Waals surface area contributed by atoms with Crippen LogP contribution < -0.4 is 5.32 Å². The molecule has 8 nitrogen and oxygen atoms in total. The first-order valence-electron chi connectivity index (χ1n) is 11.6. The molecule has 1 aliphatic carbocycles. The number of halogens is 1. The van der Waals surface area contributed by atoms with Crippen LogP contribution in [0.25, 0.3) is 11.3 Å². The molecule has 9 heteroatoms. The number of nitrogens with zero attached hydrogens (tertiary/aromatic N) is 3. The van der Waals surface area contributed by atoms with Crippen LogP contribution in [0, 0.1) is 11.7 Å². The minimum absolute atomic E-state index is 0.0132. The van der Waals surface area contributed by atoms with Gasteiger partial charge >= 0.3 is 6.09 Å². The fraction of sp³-hybridized carbons (Fsp3) is 0.440. The molecule has 1 aliphatic heterocycles. The fourth-order valence-corrected chi connectivity index (χ4v) is 4.79. The van der Waals surface area contributed by atoms with Gasteiger partial charge in [0, 0.05) is 49.4 Å². The number of amides is 3. The van der Waals surface area contributed by atoms with E-state index in [-0.39, 0.29) is 35.6 Å². The van der Waals surface area contributed by atoms with Crippen molar-refractivity contribution in [3.8, 4) is 11.3 Å². The second-order valence-electron chi connectivity index (χ2n) is 9.07. The monoisotopic (exact) mass is 468 g/mol. The lowest BCUT2D eigenvalue weighted by atomic mass is 9.84. The highest BCUT2D eigenvalue weighted by atomic mass is 19.1. The number of hydrogen-bond donors (Lipinski definition) is 2. The van der Waals surface area contributed by atoms with E-state index in [1.165, 1.54) is 23.2 Å². The predicted octanol–water partition coefficient (Wildman–Crippen LogP) is 3.39. The zero-order valence-electron chi connectivity index (χ0n) is 19.1. The van der Waals surface area contributed by atoms with Gasteiger partial charge in [0.2, 0.25) is 5.91 Å². The molecule has 2 aliphatic rings. The number of carbonyl (C=O) groups is 3. The molecule has 2 aromatic rings. The third-order valence-electron chi connectivity index (χ3n) is 6.74. The van der Waals surface area contributed by atoms with Gasteiger partial charge in [0.15, 0.2) is 0 Å². The van der Waals surface area contributed by atoms with Crippen LogP contribution in [0.2, 0.25) is 0 Å². The molecule has 1 saturated heterocycles. The van der Waals surface area contributed by atoms with Gasteiger partial charge in [-0.2, -0.15) is 0 Å². The molecule has 0 unspecified atom stereocenters. The van der Waals surface area contributed by atoms with E-state index in [0.717, 1.165) is 0 Å². The predicted molar refractivity (Wildman–Crippen MR) is 124 cm³/mol. The smallest absolute Gasteiger partial charge is 0.407 e. The van der Waals surface area contributed by atoms with E-state index < -0.39 is 6.09 Å². The first kappa shape index (κ1) is 23.7. The molecule has 0 spiro atoms. The SMILES string of the molecule is C[C@@H]1CN(C(=O)O)CCN1C(=O)[C@H]1CC[C@H](NC(=O)c2ccc(-c3cccc(F)c3)nc2)CC1. The highest BCUT2D eigenvalue weighted by Crippen LogP contribution is 2.28. The van der Waals surface area contributed by atoms with Crippen molar-refractivity contribution in [3.63, 3.8) is 0 Å². The van der Waals surface area contributed by atoms with Crippen molar-refractivity contribution in [2.45, 2.75) is 44.7 Å². The van der Waals surface area contributed by atoms with Crippen LogP contribution in [0.1, 0.15) is 43.0 Å². The van der Waals surface area contributed by atoms with Crippen molar-refractivity contribution in [3.05, 3.63) is 54.0 Å². The lowest BCUT2D eigenvalue weighted by molar-refractivity contribution is -0.141. The van der Waals surface area contributed by atoms with Crippen LogP contribution in [0.4, 0.5) is 9.18 Å². The Morgan fingerprint density at radius 1 is 1.09 bits per heavy atom. The Hall–Kier alpha value is -3.49. The third-order valence-corrected chi connectivity index (χ3v) is 6.74. The van der Waals surface area contributed by atoms with Gasteiger partial charge in [-0.05, 0) is 56.9 Å². The molecule has 2 fully saturated rings. The van der Waals surface area contributed by atoms with Crippen molar-refractivity contribution in [2.24, 2.45) is 5.92 Å². The van der Waals surface area contributed by atoms with Gasteiger partial charge in [-0.3, -0.25) is 14.6 Å². The lowest BCUT2D eigenvalue weighted by Gasteiger charge is -2.41. The summed E-state index contributed by atoms with van der Waals surface area (Å²) in [6.45, 7) is 2.97. The van der Waals surface area contributed by atoms with Gasteiger partial charge in [-0.1, -0.05) is 12.1 Å². The summed E-state index contributed by atoms with van der Waals surface area (Å²) in [5.74, 6) is -0.572. The second-order valence-corrected chi connectivity index (χ2v) is 9.07. The van der Waals surface area contributed by atoms with Gasteiger partial charge in [0.1, 0.15) is 5.82 Å². The summed E-state index contributed by atoms with van der Waals surface area (Å²) >= 11 is 0. The van der Waals surface area contributed by atoms with Crippen LogP contribution >= 0.6 is 0 Å². The van der Waals surface area contributed by atoms with Gasteiger partial charge in [-0.15, -0.1) is 0 Å². The highest BCUT2D eigenvalue weighted by Gasteiger charge is 2.35. The number of piperazine rings is 1. The van der Waals surface area contributed by atoms with Crippen LogP contribution in [-0.4, -0.2) is 69.5 Å². The summed E-state index contributed by atoms with van der Waals surface area (Å²) in [5, 5.41) is 12.2. The number of carboxylic acid groups (broad SMARTS) is 1. The molecule has 3 amide bonds. The van der Waals surface area contributed by atoms with Crippen molar-refractivity contribution >= 4 is 17.9 Å². The van der Waals surface area contributed by atoms with E-state index in [4.69, 9.17) is 5.11 Å². The lowest BCUT2D eigenvalue weighted by Crippen LogP contribution is -2.56. The number of hydrogen-bond acceptors (Lipinski definition) is 4. The Balaban J connectivity index is 1.27. The zero-order chi connectivity index (χ0) is 24.2. The van der Waals surface area contributed by atoms with E-state index in [2.05, 4.69) is 10.3 Å². The van der Waals surface area contributed by atoms with E-state index in [9.17, 15) is 18.8 Å². The largest absolute Gasteiger partial charge is 0.465 e. The topological polar surface area (TPSA) is 103 Å². The summed E-state index contributed by atoms with van der Waals surface area (Å²) in [6.07, 6.45) is 3.33. The van der Waals surface area contributed by atoms with Crippen molar-refractivity contribution in [1.29, 1.82) is 0 Å². The molecule has 2 N–H and O–H groups in total. The summed E-state index contributed by atoms with van der Waals surface area (Å²) in [7, 11) is 0. The number of benzene rings is 1. The minimum atomic E-state index is -0.950. The maximum atomic E-state index is 13.4. The summed E-state index contributed by atoms with van der Waals surface area (Å²) in [6, 6.07) is 9.36. The molecular weight excluding hydrogens is 439 g/mol. The Kier molecular flexibility index (Phi) is 7.09. The van der Waals surface area contributed by atoms with Crippen LogP contribution in [0.15, 0.2) is 42.6 Å². The van der Waals surface area contributed by atoms with Crippen molar-refractivity contribution < 1.29 is 23.9 Å². The Bertz CT molecular complexity index is 1050. The van der Waals surface area contributed by atoms with Crippen molar-refractivity contribution in [1.82, 2.24) is 20.1 Å². The molecule has 1 atom stereocenters. The summed E-state index contributed by atoms with van der Waals surface area (Å²) in [4.78, 5) is 44.3. The van der Waals surface area contributed by atoms with E-state index in [1.807, 2.05) is 6.92 Å². The number of carbonyl (C=O) groups excluding carboxylic acids is 2. The highest BCUT2D eigenvalue weighted by molar-refractivity contribution is 5.94. The quantitative estimate of drug-likeness (QED) is 0.716. The standard InChI is InChI=1S/C25H29FN4O4/c1-16-15-29(25(33)34)11-12-30(16)24(32)17-5-8-21(9-6-17)28-23(31)19-7-10-22(27-14-19)18-3-2-4-20(26)13-18/h2-4,7,10,13-14,16-17,21H,5-6,8-9,11-12,15H2,1H3,(H,28,31)(H,33,34)/t16-,17-,21-/m1/s1. The van der Waals surface area contributed by atoms with Gasteiger partial charge in [-0.25, -0.2) is 9.18 Å². The van der Waals surface area contributed by atoms with Crippen LogP contribution in [0.3, 0.4) is 0 Å². The zero-order valence-corrected chi connectivity index (χ0v) is 19.1. The normalized spacial score (nSPS) is 22.8. The first-order valence-corrected chi connectivity index (χ1v) is 11.6. The Morgan fingerprint density at radius 3 is 2.47 bits per heavy atom. The van der Waals surface area contributed by atoms with Crippen molar-refractivity contribution in [2.75, 3.05) is 19.6 Å². The average molecular weight is 469 g/mol. The number of nitrogens with one attached hydrogen (secondary N) is 1. The third kappa shape index (κ3) is 5.35. The van der Waals surface area contributed by atoms with E-state index in [1.54, 1.807) is 29.2 Å². The summed E-state index contributed by atoms with van der Waals surface area (Å²) < 4.78 is 13.4. The minimum Gasteiger partial charge on any atom is -0.465 e. The molecule has 1 saturated carbocycles. The molecule has 0 bridgehead atoms. The second kappa shape index (κ2) is 10.2. The van der Waals surface area contributed by atoms with Crippen LogP contribution in [-0.2, 0) is 4.79 Å². The molecular formula is C25H29FN4O4. The Morgan fingerprint density at radius 2 is 1.85 bits per heavy atom. The fourth-order valence-electron chi connectivity index (χ4n) is 4.79. The Labute approximate surface area is 197 Å². The van der Waals surface area contributed by atoms with E-state index in [0.29, 0.717) is 62.1 Å². The van der Waals surface area contributed by atoms with Gasteiger partial charge < -0.3 is 20.2 Å².